The summed E-state index contributed by atoms with van der Waals surface area (Å²) in [7, 11) is 0. The molecule has 1 atom stereocenters. The Morgan fingerprint density at radius 3 is 2.50 bits per heavy atom. The Balaban J connectivity index is 1.93. The first-order chi connectivity index (χ1) is 12.4. The second-order valence-corrected chi connectivity index (χ2v) is 5.95. The molecular formula is C18H23N3O5. The molecule has 2 rings (SSSR count). The van der Waals surface area contributed by atoms with Crippen LogP contribution in [0.2, 0.25) is 0 Å². The lowest BCUT2D eigenvalue weighted by molar-refractivity contribution is -0.128. The summed E-state index contributed by atoms with van der Waals surface area (Å²) in [6.07, 6.45) is 1.26. The molecule has 8 heteroatoms. The Morgan fingerprint density at radius 2 is 1.88 bits per heavy atom. The Bertz CT molecular complexity index is 687. The third kappa shape index (κ3) is 5.05. The van der Waals surface area contributed by atoms with Gasteiger partial charge in [0, 0.05) is 25.2 Å². The maximum absolute atomic E-state index is 12.1. The van der Waals surface area contributed by atoms with Crippen LogP contribution in [0.1, 0.15) is 43.5 Å². The quantitative estimate of drug-likeness (QED) is 0.775. The number of benzene rings is 1. The second-order valence-electron chi connectivity index (χ2n) is 5.95. The van der Waals surface area contributed by atoms with E-state index in [9.17, 15) is 19.2 Å². The van der Waals surface area contributed by atoms with Gasteiger partial charge in [-0.1, -0.05) is 0 Å². The number of hydrogen-bond donors (Lipinski definition) is 2. The normalized spacial score (nSPS) is 15.2. The predicted octanol–water partition coefficient (Wildman–Crippen LogP) is 1.59. The highest BCUT2D eigenvalue weighted by Crippen LogP contribution is 2.21. The number of anilines is 1. The molecule has 2 N–H and O–H groups in total. The number of urea groups is 1. The number of carbonyl (C=O) groups is 4. The van der Waals surface area contributed by atoms with Gasteiger partial charge in [0.25, 0.3) is 5.91 Å². The van der Waals surface area contributed by atoms with Crippen LogP contribution in [0.4, 0.5) is 10.5 Å². The van der Waals surface area contributed by atoms with Crippen molar-refractivity contribution in [1.82, 2.24) is 10.6 Å². The summed E-state index contributed by atoms with van der Waals surface area (Å²) >= 11 is 0. The van der Waals surface area contributed by atoms with E-state index in [1.165, 1.54) is 6.92 Å². The minimum Gasteiger partial charge on any atom is -0.449 e. The number of piperidine rings is 1. The zero-order valence-electron chi connectivity index (χ0n) is 14.9. The first-order valence-electron chi connectivity index (χ1n) is 8.62. The average molecular weight is 361 g/mol. The van der Waals surface area contributed by atoms with Crippen molar-refractivity contribution in [2.24, 2.45) is 0 Å². The second kappa shape index (κ2) is 8.98. The van der Waals surface area contributed by atoms with Crippen molar-refractivity contribution in [3.05, 3.63) is 29.8 Å². The van der Waals surface area contributed by atoms with Gasteiger partial charge in [-0.25, -0.2) is 9.59 Å². The molecule has 1 aromatic rings. The summed E-state index contributed by atoms with van der Waals surface area (Å²) in [6.45, 7) is 4.14. The topological polar surface area (TPSA) is 105 Å². The molecule has 0 aliphatic carbocycles. The molecule has 0 saturated carbocycles. The zero-order valence-corrected chi connectivity index (χ0v) is 14.9. The van der Waals surface area contributed by atoms with Gasteiger partial charge in [0.05, 0.1) is 5.56 Å². The molecule has 1 saturated heterocycles. The van der Waals surface area contributed by atoms with Crippen LogP contribution < -0.4 is 15.5 Å². The van der Waals surface area contributed by atoms with Crippen LogP contribution in [-0.4, -0.2) is 43.0 Å². The Hall–Kier alpha value is -2.90. The molecule has 0 bridgehead atoms. The minimum absolute atomic E-state index is 0.0715. The molecule has 1 aromatic carbocycles. The molecule has 26 heavy (non-hydrogen) atoms. The Kier molecular flexibility index (Phi) is 6.71. The summed E-state index contributed by atoms with van der Waals surface area (Å²) in [4.78, 5) is 48.9. The molecule has 1 aliphatic rings. The molecule has 4 amide bonds. The Labute approximate surface area is 151 Å². The van der Waals surface area contributed by atoms with Crippen molar-refractivity contribution in [2.75, 3.05) is 18.0 Å². The zero-order chi connectivity index (χ0) is 19.1. The van der Waals surface area contributed by atoms with Crippen LogP contribution in [-0.2, 0) is 14.3 Å². The number of rotatable bonds is 5. The van der Waals surface area contributed by atoms with Gasteiger partial charge in [-0.05, 0) is 51.0 Å². The standard InChI is InChI=1S/C18H23N3O5/c1-3-19-18(25)20-16(23)12(2)26-17(24)13-7-9-14(10-8-13)21-11-5-4-6-15(21)22/h7-10,12H,3-6,11H2,1-2H3,(H2,19,20,23,25). The molecule has 0 aromatic heterocycles. The summed E-state index contributed by atoms with van der Waals surface area (Å²) in [5, 5.41) is 4.50. The fourth-order valence-corrected chi connectivity index (χ4v) is 2.56. The summed E-state index contributed by atoms with van der Waals surface area (Å²) < 4.78 is 5.07. The van der Waals surface area contributed by atoms with Crippen LogP contribution in [0.25, 0.3) is 0 Å². The van der Waals surface area contributed by atoms with Gasteiger partial charge in [0.1, 0.15) is 0 Å². The van der Waals surface area contributed by atoms with Crippen molar-refractivity contribution < 1.29 is 23.9 Å². The van der Waals surface area contributed by atoms with Crippen LogP contribution in [0.3, 0.4) is 0 Å². The van der Waals surface area contributed by atoms with E-state index in [1.807, 2.05) is 0 Å². The van der Waals surface area contributed by atoms with Crippen LogP contribution in [0.5, 0.6) is 0 Å². The predicted molar refractivity (Wildman–Crippen MR) is 94.7 cm³/mol. The highest BCUT2D eigenvalue weighted by atomic mass is 16.5. The van der Waals surface area contributed by atoms with E-state index in [0.717, 1.165) is 18.5 Å². The number of imide groups is 1. The maximum Gasteiger partial charge on any atom is 0.338 e. The number of nitrogens with zero attached hydrogens (tertiary/aromatic N) is 1. The van der Waals surface area contributed by atoms with Crippen LogP contribution in [0, 0.1) is 0 Å². The minimum atomic E-state index is -1.12. The lowest BCUT2D eigenvalue weighted by atomic mass is 10.1. The van der Waals surface area contributed by atoms with Crippen molar-refractivity contribution in [1.29, 1.82) is 0 Å². The van der Waals surface area contributed by atoms with E-state index in [4.69, 9.17) is 4.74 Å². The first-order valence-corrected chi connectivity index (χ1v) is 8.62. The smallest absolute Gasteiger partial charge is 0.338 e. The Morgan fingerprint density at radius 1 is 1.19 bits per heavy atom. The van der Waals surface area contributed by atoms with E-state index < -0.39 is 24.0 Å². The van der Waals surface area contributed by atoms with Gasteiger partial charge < -0.3 is 15.0 Å². The van der Waals surface area contributed by atoms with Crippen molar-refractivity contribution in [2.45, 2.75) is 39.2 Å². The van der Waals surface area contributed by atoms with E-state index >= 15 is 0 Å². The molecule has 140 valence electrons. The van der Waals surface area contributed by atoms with Crippen LogP contribution in [0.15, 0.2) is 24.3 Å². The molecule has 1 unspecified atom stereocenters. The van der Waals surface area contributed by atoms with Gasteiger partial charge in [0.15, 0.2) is 6.10 Å². The van der Waals surface area contributed by atoms with E-state index in [2.05, 4.69) is 10.6 Å². The number of nitrogens with one attached hydrogen (secondary N) is 2. The fraction of sp³-hybridized carbons (Fsp3) is 0.444. The van der Waals surface area contributed by atoms with Gasteiger partial charge in [-0.3, -0.25) is 14.9 Å². The number of carbonyl (C=O) groups excluding carboxylic acids is 4. The molecule has 1 aliphatic heterocycles. The highest BCUT2D eigenvalue weighted by Gasteiger charge is 2.22. The molecule has 1 fully saturated rings. The molecule has 0 radical (unpaired) electrons. The highest BCUT2D eigenvalue weighted by molar-refractivity contribution is 5.99. The number of amides is 4. The van der Waals surface area contributed by atoms with Crippen molar-refractivity contribution in [3.63, 3.8) is 0 Å². The van der Waals surface area contributed by atoms with Crippen molar-refractivity contribution in [3.8, 4) is 0 Å². The number of hydrogen-bond acceptors (Lipinski definition) is 5. The molecular weight excluding hydrogens is 338 g/mol. The summed E-state index contributed by atoms with van der Waals surface area (Å²) in [5.41, 5.74) is 0.990. The number of esters is 1. The SMILES string of the molecule is CCNC(=O)NC(=O)C(C)OC(=O)c1ccc(N2CCCCC2=O)cc1. The van der Waals surface area contributed by atoms with Gasteiger partial charge in [-0.15, -0.1) is 0 Å². The third-order valence-electron chi connectivity index (χ3n) is 3.97. The van der Waals surface area contributed by atoms with E-state index in [0.29, 0.717) is 19.5 Å². The molecule has 8 nitrogen and oxygen atoms in total. The third-order valence-corrected chi connectivity index (χ3v) is 3.97. The lowest BCUT2D eigenvalue weighted by Gasteiger charge is -2.26. The monoisotopic (exact) mass is 361 g/mol. The lowest BCUT2D eigenvalue weighted by Crippen LogP contribution is -2.44. The largest absolute Gasteiger partial charge is 0.449 e. The number of ether oxygens (including phenoxy) is 1. The van der Waals surface area contributed by atoms with E-state index in [-0.39, 0.29) is 11.5 Å². The van der Waals surface area contributed by atoms with Gasteiger partial charge in [-0.2, -0.15) is 0 Å². The summed E-state index contributed by atoms with van der Waals surface area (Å²) in [5.74, 6) is -1.32. The van der Waals surface area contributed by atoms with Crippen LogP contribution >= 0.6 is 0 Å². The van der Waals surface area contributed by atoms with E-state index in [1.54, 1.807) is 36.1 Å². The molecule has 1 heterocycles. The maximum atomic E-state index is 12.1. The van der Waals surface area contributed by atoms with Gasteiger partial charge >= 0.3 is 12.0 Å². The van der Waals surface area contributed by atoms with Crippen molar-refractivity contribution >= 4 is 29.5 Å². The fourth-order valence-electron chi connectivity index (χ4n) is 2.56. The summed E-state index contributed by atoms with van der Waals surface area (Å²) in [6, 6.07) is 5.82. The molecule has 0 spiro atoms. The first kappa shape index (κ1) is 19.4. The average Bonchev–Trinajstić information content (AvgIpc) is 2.62. The van der Waals surface area contributed by atoms with Gasteiger partial charge in [0.2, 0.25) is 5.91 Å².